The van der Waals surface area contributed by atoms with Gasteiger partial charge in [-0.15, -0.1) is 0 Å². The van der Waals surface area contributed by atoms with Crippen LogP contribution in [0.1, 0.15) is 64.3 Å². The molecular formula is C31H32N6. The van der Waals surface area contributed by atoms with E-state index in [-0.39, 0.29) is 5.92 Å². The summed E-state index contributed by atoms with van der Waals surface area (Å²) in [6.45, 7) is 3.86. The van der Waals surface area contributed by atoms with E-state index in [1.807, 2.05) is 30.3 Å². The highest BCUT2D eigenvalue weighted by molar-refractivity contribution is 5.47. The number of H-pyrrole nitrogens is 2. The van der Waals surface area contributed by atoms with E-state index < -0.39 is 0 Å². The first-order chi connectivity index (χ1) is 18.2. The van der Waals surface area contributed by atoms with Crippen LogP contribution in [0.3, 0.4) is 0 Å². The molecule has 0 saturated heterocycles. The standard InChI is InChI=1S/C31H32N6/c1-2-23-16-18-26(19-17-23)20-27(31-33-30(36-37-31)22-25-12-7-4-8-13-25)14-9-15-28-32-29(35-34-28)21-24-10-5-3-6-11-24/h2-8,10-13,16-19,27H,1,9,14-15,20-22H2,(H,32,34,35)(H,33,36,37). The molecule has 1 unspecified atom stereocenters. The lowest BCUT2D eigenvalue weighted by Crippen LogP contribution is -2.07. The van der Waals surface area contributed by atoms with Crippen molar-refractivity contribution in [3.05, 3.63) is 137 Å². The summed E-state index contributed by atoms with van der Waals surface area (Å²) in [4.78, 5) is 9.61. The van der Waals surface area contributed by atoms with Crippen molar-refractivity contribution in [1.29, 1.82) is 0 Å². The normalized spacial score (nSPS) is 11.9. The molecule has 0 aliphatic carbocycles. The number of rotatable bonds is 12. The molecule has 5 rings (SSSR count). The highest BCUT2D eigenvalue weighted by Gasteiger charge is 2.18. The molecule has 0 radical (unpaired) electrons. The van der Waals surface area contributed by atoms with Crippen molar-refractivity contribution < 1.29 is 0 Å². The molecule has 5 aromatic rings. The first-order valence-electron chi connectivity index (χ1n) is 12.9. The molecule has 2 aromatic heterocycles. The third-order valence-corrected chi connectivity index (χ3v) is 6.57. The fourth-order valence-electron chi connectivity index (χ4n) is 4.58. The lowest BCUT2D eigenvalue weighted by molar-refractivity contribution is 0.555. The quantitative estimate of drug-likeness (QED) is 0.222. The van der Waals surface area contributed by atoms with Crippen LogP contribution in [-0.4, -0.2) is 30.4 Å². The van der Waals surface area contributed by atoms with E-state index in [2.05, 4.69) is 87.6 Å². The summed E-state index contributed by atoms with van der Waals surface area (Å²) in [5, 5.41) is 15.4. The molecule has 2 heterocycles. The third kappa shape index (κ3) is 6.88. The van der Waals surface area contributed by atoms with Gasteiger partial charge in [-0.25, -0.2) is 9.97 Å². The van der Waals surface area contributed by atoms with Crippen LogP contribution in [0.15, 0.2) is 91.5 Å². The van der Waals surface area contributed by atoms with E-state index in [0.29, 0.717) is 0 Å². The molecule has 1 atom stereocenters. The van der Waals surface area contributed by atoms with Crippen LogP contribution in [0, 0.1) is 0 Å². The number of nitrogens with one attached hydrogen (secondary N) is 2. The Hall–Kier alpha value is -4.32. The highest BCUT2D eigenvalue weighted by Crippen LogP contribution is 2.25. The SMILES string of the molecule is C=Cc1ccc(CC(CCCc2n[nH]c(Cc3ccccc3)n2)c2n[nH]c(Cc3ccccc3)n2)cc1. The number of hydrogen-bond donors (Lipinski definition) is 2. The van der Waals surface area contributed by atoms with Crippen LogP contribution >= 0.6 is 0 Å². The lowest BCUT2D eigenvalue weighted by Gasteiger charge is -2.13. The van der Waals surface area contributed by atoms with Crippen molar-refractivity contribution in [3.8, 4) is 0 Å². The molecular weight excluding hydrogens is 456 g/mol. The van der Waals surface area contributed by atoms with Crippen molar-refractivity contribution in [2.45, 2.75) is 44.4 Å². The molecule has 2 N–H and O–H groups in total. The summed E-state index contributed by atoms with van der Waals surface area (Å²) < 4.78 is 0. The van der Waals surface area contributed by atoms with E-state index >= 15 is 0 Å². The van der Waals surface area contributed by atoms with Crippen LogP contribution < -0.4 is 0 Å². The van der Waals surface area contributed by atoms with E-state index in [9.17, 15) is 0 Å². The summed E-state index contributed by atoms with van der Waals surface area (Å²) in [7, 11) is 0. The molecule has 0 spiro atoms. The Labute approximate surface area is 217 Å². The van der Waals surface area contributed by atoms with Gasteiger partial charge in [0.2, 0.25) is 0 Å². The zero-order chi connectivity index (χ0) is 25.3. The monoisotopic (exact) mass is 488 g/mol. The number of hydrogen-bond acceptors (Lipinski definition) is 4. The predicted octanol–water partition coefficient (Wildman–Crippen LogP) is 6.10. The summed E-state index contributed by atoms with van der Waals surface area (Å²) in [6, 6.07) is 29.3. The van der Waals surface area contributed by atoms with E-state index in [0.717, 1.165) is 67.4 Å². The number of nitrogens with zero attached hydrogens (tertiary/aromatic N) is 4. The third-order valence-electron chi connectivity index (χ3n) is 6.57. The Morgan fingerprint density at radius 1 is 0.703 bits per heavy atom. The second-order valence-corrected chi connectivity index (χ2v) is 9.40. The summed E-state index contributed by atoms with van der Waals surface area (Å²) in [5.41, 5.74) is 4.84. The van der Waals surface area contributed by atoms with Gasteiger partial charge in [-0.1, -0.05) is 97.6 Å². The predicted molar refractivity (Wildman–Crippen MR) is 147 cm³/mol. The van der Waals surface area contributed by atoms with Gasteiger partial charge in [0, 0.05) is 25.2 Å². The second kappa shape index (κ2) is 12.1. The Balaban J connectivity index is 1.24. The van der Waals surface area contributed by atoms with Gasteiger partial charge < -0.3 is 0 Å². The molecule has 6 heteroatoms. The number of aromatic amines is 2. The van der Waals surface area contributed by atoms with Crippen LogP contribution in [-0.2, 0) is 25.7 Å². The lowest BCUT2D eigenvalue weighted by atomic mass is 9.93. The van der Waals surface area contributed by atoms with Crippen LogP contribution in [0.4, 0.5) is 0 Å². The van der Waals surface area contributed by atoms with Gasteiger partial charge >= 0.3 is 0 Å². The molecule has 6 nitrogen and oxygen atoms in total. The number of aromatic nitrogens is 6. The Morgan fingerprint density at radius 3 is 1.97 bits per heavy atom. The van der Waals surface area contributed by atoms with E-state index in [1.165, 1.54) is 16.7 Å². The maximum atomic E-state index is 4.89. The Bertz CT molecular complexity index is 1390. The van der Waals surface area contributed by atoms with Crippen molar-refractivity contribution in [1.82, 2.24) is 30.4 Å². The molecule has 0 saturated carbocycles. The highest BCUT2D eigenvalue weighted by atomic mass is 15.2. The van der Waals surface area contributed by atoms with Gasteiger partial charge in [0.05, 0.1) is 0 Å². The fourth-order valence-corrected chi connectivity index (χ4v) is 4.58. The zero-order valence-corrected chi connectivity index (χ0v) is 21.0. The number of benzene rings is 3. The van der Waals surface area contributed by atoms with E-state index in [4.69, 9.17) is 9.97 Å². The molecule has 0 bridgehead atoms. The van der Waals surface area contributed by atoms with Gasteiger partial charge in [0.1, 0.15) is 11.6 Å². The molecule has 0 amide bonds. The molecule has 37 heavy (non-hydrogen) atoms. The van der Waals surface area contributed by atoms with Gasteiger partial charge in [0.25, 0.3) is 0 Å². The first-order valence-corrected chi connectivity index (χ1v) is 12.9. The largest absolute Gasteiger partial charge is 0.263 e. The second-order valence-electron chi connectivity index (χ2n) is 9.40. The van der Waals surface area contributed by atoms with Crippen molar-refractivity contribution in [2.24, 2.45) is 0 Å². The van der Waals surface area contributed by atoms with Crippen molar-refractivity contribution >= 4 is 6.08 Å². The summed E-state index contributed by atoms with van der Waals surface area (Å²) in [6.07, 6.45) is 6.99. The molecule has 0 fully saturated rings. The zero-order valence-electron chi connectivity index (χ0n) is 21.0. The topological polar surface area (TPSA) is 83.1 Å². The van der Waals surface area contributed by atoms with Gasteiger partial charge in [-0.05, 0) is 41.5 Å². The minimum absolute atomic E-state index is 0.207. The van der Waals surface area contributed by atoms with Gasteiger partial charge in [-0.3, -0.25) is 10.2 Å². The van der Waals surface area contributed by atoms with Gasteiger partial charge in [-0.2, -0.15) is 10.2 Å². The summed E-state index contributed by atoms with van der Waals surface area (Å²) in [5.74, 6) is 3.74. The van der Waals surface area contributed by atoms with Crippen LogP contribution in [0.2, 0.25) is 0 Å². The van der Waals surface area contributed by atoms with Crippen LogP contribution in [0.5, 0.6) is 0 Å². The first kappa shape index (κ1) is 24.4. The molecule has 0 aliphatic heterocycles. The Morgan fingerprint density at radius 2 is 1.32 bits per heavy atom. The van der Waals surface area contributed by atoms with Crippen LogP contribution in [0.25, 0.3) is 6.08 Å². The molecule has 0 aliphatic rings. The summed E-state index contributed by atoms with van der Waals surface area (Å²) >= 11 is 0. The fraction of sp³-hybridized carbons (Fsp3) is 0.226. The maximum Gasteiger partial charge on any atom is 0.154 e. The van der Waals surface area contributed by atoms with E-state index in [1.54, 1.807) is 0 Å². The Kier molecular flexibility index (Phi) is 7.96. The molecule has 186 valence electrons. The maximum absolute atomic E-state index is 4.89. The van der Waals surface area contributed by atoms with Crippen molar-refractivity contribution in [2.75, 3.05) is 0 Å². The smallest absolute Gasteiger partial charge is 0.154 e. The number of aryl methyl sites for hydroxylation is 1. The van der Waals surface area contributed by atoms with Gasteiger partial charge in [0.15, 0.2) is 11.6 Å². The minimum atomic E-state index is 0.207. The molecule has 3 aromatic carbocycles. The van der Waals surface area contributed by atoms with Crippen molar-refractivity contribution in [3.63, 3.8) is 0 Å². The average Bonchev–Trinajstić information content (AvgIpc) is 3.59. The average molecular weight is 489 g/mol. The minimum Gasteiger partial charge on any atom is -0.263 e.